The second-order valence-corrected chi connectivity index (χ2v) is 28.8. The predicted molar refractivity (Wildman–Crippen MR) is 403 cm³/mol. The van der Waals surface area contributed by atoms with Crippen molar-refractivity contribution in [2.45, 2.75) is 482 Å². The fourth-order valence-corrected chi connectivity index (χ4v) is 13.3. The minimum atomic E-state index is -0.841. The van der Waals surface area contributed by atoms with Gasteiger partial charge in [0.25, 0.3) is 0 Å². The number of rotatable bonds is 79. The van der Waals surface area contributed by atoms with E-state index < -0.39 is 12.1 Å². The minimum absolute atomic E-state index is 0.0105. The lowest BCUT2D eigenvalue weighted by Crippen LogP contribution is -2.45. The molecular formula is C85H163NO5. The van der Waals surface area contributed by atoms with E-state index in [9.17, 15) is 19.8 Å². The van der Waals surface area contributed by atoms with E-state index in [-0.39, 0.29) is 18.5 Å². The first-order valence-corrected chi connectivity index (χ1v) is 41.8. The maximum Gasteiger partial charge on any atom is 0.305 e. The molecule has 0 aromatic rings. The van der Waals surface area contributed by atoms with Crippen molar-refractivity contribution in [3.05, 3.63) is 36.5 Å². The minimum Gasteiger partial charge on any atom is -0.466 e. The molecular weight excluding hydrogens is 1110 g/mol. The summed E-state index contributed by atoms with van der Waals surface area (Å²) in [6.45, 7) is 4.92. The van der Waals surface area contributed by atoms with Crippen molar-refractivity contribution in [3.8, 4) is 0 Å². The average Bonchev–Trinajstić information content (AvgIpc) is 3.74. The largest absolute Gasteiger partial charge is 0.466 e. The highest BCUT2D eigenvalue weighted by Crippen LogP contribution is 2.20. The molecule has 0 fully saturated rings. The van der Waals surface area contributed by atoms with Gasteiger partial charge in [-0.1, -0.05) is 429 Å². The number of carbonyl (C=O) groups is 2. The van der Waals surface area contributed by atoms with Gasteiger partial charge < -0.3 is 20.3 Å². The van der Waals surface area contributed by atoms with Crippen LogP contribution in [0.4, 0.5) is 0 Å². The number of allylic oxidation sites excluding steroid dienone is 5. The number of aliphatic hydroxyl groups is 2. The zero-order valence-electron chi connectivity index (χ0n) is 61.9. The first-order chi connectivity index (χ1) is 45.0. The summed E-state index contributed by atoms with van der Waals surface area (Å²) >= 11 is 0. The Morgan fingerprint density at radius 3 is 0.857 bits per heavy atom. The summed E-state index contributed by atoms with van der Waals surface area (Å²) in [5, 5.41) is 23.3. The maximum atomic E-state index is 12.5. The molecule has 0 aliphatic rings. The smallest absolute Gasteiger partial charge is 0.305 e. The molecule has 2 atom stereocenters. The van der Waals surface area contributed by atoms with Crippen LogP contribution in [0, 0.1) is 0 Å². The summed E-state index contributed by atoms with van der Waals surface area (Å²) in [6, 6.07) is -0.624. The molecule has 0 rings (SSSR count). The molecule has 1 amide bonds. The van der Waals surface area contributed by atoms with Gasteiger partial charge in [0.05, 0.1) is 25.4 Å². The van der Waals surface area contributed by atoms with Gasteiger partial charge in [-0.05, 0) is 64.2 Å². The van der Waals surface area contributed by atoms with Crippen molar-refractivity contribution in [2.75, 3.05) is 13.2 Å². The quantitative estimate of drug-likeness (QED) is 0.0320. The fraction of sp³-hybridized carbons (Fsp3) is 0.906. The number of amides is 1. The number of esters is 1. The van der Waals surface area contributed by atoms with Gasteiger partial charge in [-0.3, -0.25) is 9.59 Å². The van der Waals surface area contributed by atoms with Crippen molar-refractivity contribution in [1.29, 1.82) is 0 Å². The van der Waals surface area contributed by atoms with Crippen molar-refractivity contribution >= 4 is 11.9 Å². The lowest BCUT2D eigenvalue weighted by molar-refractivity contribution is -0.143. The van der Waals surface area contributed by atoms with Crippen molar-refractivity contribution in [3.63, 3.8) is 0 Å². The fourth-order valence-electron chi connectivity index (χ4n) is 13.3. The van der Waals surface area contributed by atoms with Crippen molar-refractivity contribution in [2.24, 2.45) is 0 Å². The molecule has 0 aromatic carbocycles. The van der Waals surface area contributed by atoms with Gasteiger partial charge in [-0.25, -0.2) is 0 Å². The third kappa shape index (κ3) is 77.0. The van der Waals surface area contributed by atoms with Crippen LogP contribution in [0.1, 0.15) is 470 Å². The molecule has 2 unspecified atom stereocenters. The zero-order valence-corrected chi connectivity index (χ0v) is 61.9. The summed E-state index contributed by atoms with van der Waals surface area (Å²) in [7, 11) is 0. The van der Waals surface area contributed by atoms with Crippen LogP contribution in [0.5, 0.6) is 0 Å². The summed E-state index contributed by atoms with van der Waals surface area (Å²) in [5.74, 6) is -0.0468. The molecule has 0 aliphatic carbocycles. The third-order valence-corrected chi connectivity index (χ3v) is 19.7. The molecule has 0 aliphatic heterocycles. The van der Waals surface area contributed by atoms with Crippen LogP contribution in [0.15, 0.2) is 36.5 Å². The van der Waals surface area contributed by atoms with E-state index in [1.807, 2.05) is 6.08 Å². The number of nitrogens with one attached hydrogen (secondary N) is 1. The molecule has 0 radical (unpaired) electrons. The first kappa shape index (κ1) is 89.1. The summed E-state index contributed by atoms with van der Waals surface area (Å²) < 4.78 is 5.50. The molecule has 3 N–H and O–H groups in total. The molecule has 0 bridgehead atoms. The number of hydrogen-bond donors (Lipinski definition) is 3. The van der Waals surface area contributed by atoms with Crippen LogP contribution in [-0.4, -0.2) is 47.4 Å². The van der Waals surface area contributed by atoms with E-state index in [0.717, 1.165) is 51.4 Å². The van der Waals surface area contributed by atoms with Crippen LogP contribution in [0.25, 0.3) is 0 Å². The Balaban J connectivity index is 3.32. The predicted octanol–water partition coefficient (Wildman–Crippen LogP) is 27.8. The molecule has 0 spiro atoms. The summed E-state index contributed by atoms with van der Waals surface area (Å²) in [4.78, 5) is 24.6. The van der Waals surface area contributed by atoms with Crippen LogP contribution < -0.4 is 5.32 Å². The van der Waals surface area contributed by atoms with E-state index in [2.05, 4.69) is 43.5 Å². The van der Waals surface area contributed by atoms with Crippen LogP contribution >= 0.6 is 0 Å². The second-order valence-electron chi connectivity index (χ2n) is 28.8. The lowest BCUT2D eigenvalue weighted by atomic mass is 10.0. The van der Waals surface area contributed by atoms with Gasteiger partial charge in [0.1, 0.15) is 0 Å². The number of ether oxygens (including phenoxy) is 1. The number of aliphatic hydroxyl groups excluding tert-OH is 2. The van der Waals surface area contributed by atoms with Crippen LogP contribution in [0.3, 0.4) is 0 Å². The highest BCUT2D eigenvalue weighted by atomic mass is 16.5. The van der Waals surface area contributed by atoms with Gasteiger partial charge in [0, 0.05) is 12.8 Å². The molecule has 6 nitrogen and oxygen atoms in total. The maximum absolute atomic E-state index is 12.5. The van der Waals surface area contributed by atoms with Gasteiger partial charge in [0.2, 0.25) is 5.91 Å². The molecule has 538 valence electrons. The van der Waals surface area contributed by atoms with Gasteiger partial charge in [-0.15, -0.1) is 0 Å². The molecule has 0 aromatic heterocycles. The van der Waals surface area contributed by atoms with E-state index >= 15 is 0 Å². The van der Waals surface area contributed by atoms with E-state index in [1.165, 1.54) is 392 Å². The summed E-state index contributed by atoms with van der Waals surface area (Å²) in [6.07, 6.45) is 106. The van der Waals surface area contributed by atoms with Crippen molar-refractivity contribution < 1.29 is 24.5 Å². The van der Waals surface area contributed by atoms with Crippen LogP contribution in [0.2, 0.25) is 0 Å². The number of carbonyl (C=O) groups excluding carboxylic acids is 2. The standard InChI is InChI=1S/C85H163NO5/c1-3-5-7-9-11-13-15-17-19-20-21-43-46-50-53-57-61-65-69-73-77-83(88)82(81-87)86-84(89)78-74-70-66-62-58-54-51-47-44-41-39-37-35-33-31-29-27-25-23-22-24-26-28-30-32-34-36-38-40-42-45-48-52-56-60-64-68-72-76-80-91-85(90)79-75-71-67-63-59-55-49-18-16-14-12-10-8-6-4-2/h12,14,18,49,73,77,82-83,87-88H,3-11,13,15-17,19-48,50-72,74-76,78-81H2,1-2H3,(H,86,89)/b14-12-,49-18-,77-73+. The Labute approximate surface area is 570 Å². The molecule has 0 heterocycles. The number of unbranched alkanes of at least 4 members (excludes halogenated alkanes) is 64. The van der Waals surface area contributed by atoms with Gasteiger partial charge in [-0.2, -0.15) is 0 Å². The summed E-state index contributed by atoms with van der Waals surface area (Å²) in [5.41, 5.74) is 0. The SMILES string of the molecule is CCCCC/C=C\C/C=C\CCCCCCCC(=O)OCCCCCCCCCCCCCCCCCCCCCCCCCCCCCCCCCCCCCCCCCC(=O)NC(CO)C(O)/C=C/CCCCCCCCCCCCCCCCCCCC. The van der Waals surface area contributed by atoms with Gasteiger partial charge >= 0.3 is 5.97 Å². The second kappa shape index (κ2) is 80.5. The highest BCUT2D eigenvalue weighted by molar-refractivity contribution is 5.76. The average molecular weight is 1280 g/mol. The Hall–Kier alpha value is -1.92. The normalized spacial score (nSPS) is 12.6. The Kier molecular flexibility index (Phi) is 78.8. The molecule has 91 heavy (non-hydrogen) atoms. The highest BCUT2D eigenvalue weighted by Gasteiger charge is 2.18. The molecule has 6 heteroatoms. The van der Waals surface area contributed by atoms with E-state index in [1.54, 1.807) is 6.08 Å². The van der Waals surface area contributed by atoms with E-state index in [4.69, 9.17) is 4.74 Å². The first-order valence-electron chi connectivity index (χ1n) is 41.8. The third-order valence-electron chi connectivity index (χ3n) is 19.7. The Morgan fingerprint density at radius 1 is 0.308 bits per heavy atom. The monoisotopic (exact) mass is 1280 g/mol. The number of hydrogen-bond acceptors (Lipinski definition) is 5. The van der Waals surface area contributed by atoms with Crippen molar-refractivity contribution in [1.82, 2.24) is 5.32 Å². The zero-order chi connectivity index (χ0) is 65.6. The van der Waals surface area contributed by atoms with Crippen LogP contribution in [-0.2, 0) is 14.3 Å². The lowest BCUT2D eigenvalue weighted by Gasteiger charge is -2.20. The topological polar surface area (TPSA) is 95.9 Å². The Bertz CT molecular complexity index is 1470. The molecule has 0 saturated heterocycles. The molecule has 0 saturated carbocycles. The van der Waals surface area contributed by atoms with Gasteiger partial charge in [0.15, 0.2) is 0 Å². The Morgan fingerprint density at radius 2 is 0.549 bits per heavy atom. The van der Waals surface area contributed by atoms with E-state index in [0.29, 0.717) is 19.4 Å².